The molecule has 0 amide bonds. The summed E-state index contributed by atoms with van der Waals surface area (Å²) in [7, 11) is 1.59. The summed E-state index contributed by atoms with van der Waals surface area (Å²) >= 11 is 0. The lowest BCUT2D eigenvalue weighted by molar-refractivity contribution is 0.273. The van der Waals surface area contributed by atoms with E-state index in [2.05, 4.69) is 5.16 Å². The highest BCUT2D eigenvalue weighted by Crippen LogP contribution is 2.26. The molecule has 5 heteroatoms. The molecule has 16 heavy (non-hydrogen) atoms. The first-order chi connectivity index (χ1) is 7.79. The van der Waals surface area contributed by atoms with Crippen molar-refractivity contribution in [1.29, 1.82) is 0 Å². The molecule has 5 nitrogen and oxygen atoms in total. The predicted molar refractivity (Wildman–Crippen MR) is 58.2 cm³/mol. The van der Waals surface area contributed by atoms with Crippen LogP contribution < -0.4 is 15.2 Å². The third kappa shape index (κ3) is 2.25. The normalized spacial score (nSPS) is 10.1. The first-order valence-electron chi connectivity index (χ1n) is 4.76. The van der Waals surface area contributed by atoms with Crippen molar-refractivity contribution in [2.75, 3.05) is 12.8 Å². The zero-order chi connectivity index (χ0) is 11.4. The Labute approximate surface area is 92.8 Å². The van der Waals surface area contributed by atoms with Crippen LogP contribution in [0.1, 0.15) is 5.69 Å². The van der Waals surface area contributed by atoms with Gasteiger partial charge in [0, 0.05) is 6.07 Å². The summed E-state index contributed by atoms with van der Waals surface area (Å²) in [6, 6.07) is 9.01. The predicted octanol–water partition coefficient (Wildman–Crippen LogP) is 1.84. The molecule has 2 aromatic rings. The van der Waals surface area contributed by atoms with Crippen molar-refractivity contribution in [3.63, 3.8) is 0 Å². The van der Waals surface area contributed by atoms with Crippen molar-refractivity contribution in [3.8, 4) is 11.5 Å². The molecule has 0 unspecified atom stereocenters. The van der Waals surface area contributed by atoms with Crippen molar-refractivity contribution in [1.82, 2.24) is 5.16 Å². The van der Waals surface area contributed by atoms with Crippen LogP contribution in [-0.2, 0) is 6.61 Å². The largest absolute Gasteiger partial charge is 0.493 e. The third-order valence-electron chi connectivity index (χ3n) is 2.02. The minimum absolute atomic E-state index is 0.277. The van der Waals surface area contributed by atoms with Gasteiger partial charge in [-0.25, -0.2) is 0 Å². The molecule has 0 spiro atoms. The van der Waals surface area contributed by atoms with Gasteiger partial charge in [0.15, 0.2) is 11.5 Å². The van der Waals surface area contributed by atoms with Gasteiger partial charge in [-0.2, -0.15) is 0 Å². The van der Waals surface area contributed by atoms with Crippen molar-refractivity contribution in [2.24, 2.45) is 0 Å². The Morgan fingerprint density at radius 2 is 2.06 bits per heavy atom. The maximum absolute atomic E-state index is 5.52. The number of para-hydroxylation sites is 2. The Balaban J connectivity index is 2.04. The van der Waals surface area contributed by atoms with Crippen molar-refractivity contribution in [3.05, 3.63) is 36.0 Å². The summed E-state index contributed by atoms with van der Waals surface area (Å²) in [6.45, 7) is 0.293. The van der Waals surface area contributed by atoms with Crippen LogP contribution in [0, 0.1) is 0 Å². The molecule has 0 atom stereocenters. The van der Waals surface area contributed by atoms with E-state index >= 15 is 0 Å². The highest BCUT2D eigenvalue weighted by Gasteiger charge is 2.05. The lowest BCUT2D eigenvalue weighted by Crippen LogP contribution is -1.97. The van der Waals surface area contributed by atoms with E-state index in [1.807, 2.05) is 24.3 Å². The van der Waals surface area contributed by atoms with Gasteiger partial charge in [-0.15, -0.1) is 0 Å². The van der Waals surface area contributed by atoms with E-state index in [-0.39, 0.29) is 5.88 Å². The Morgan fingerprint density at radius 1 is 1.31 bits per heavy atom. The van der Waals surface area contributed by atoms with Gasteiger partial charge in [-0.1, -0.05) is 17.3 Å². The molecule has 0 fully saturated rings. The van der Waals surface area contributed by atoms with E-state index < -0.39 is 0 Å². The number of aromatic nitrogens is 1. The molecule has 0 aliphatic heterocycles. The van der Waals surface area contributed by atoms with Crippen LogP contribution in [-0.4, -0.2) is 12.3 Å². The quantitative estimate of drug-likeness (QED) is 0.851. The number of anilines is 1. The van der Waals surface area contributed by atoms with Crippen LogP contribution in [0.25, 0.3) is 0 Å². The molecular formula is C11H12N2O3. The standard InChI is InChI=1S/C11H12N2O3/c1-14-9-4-2-3-5-10(9)15-7-8-6-11(12)16-13-8/h2-6H,7,12H2,1H3. The minimum Gasteiger partial charge on any atom is -0.493 e. The molecular weight excluding hydrogens is 208 g/mol. The second-order valence-electron chi connectivity index (χ2n) is 3.16. The Hall–Kier alpha value is -2.17. The van der Waals surface area contributed by atoms with Crippen molar-refractivity contribution >= 4 is 5.88 Å². The molecule has 0 aliphatic carbocycles. The number of ether oxygens (including phenoxy) is 2. The number of nitrogens with two attached hydrogens (primary N) is 1. The number of hydrogen-bond acceptors (Lipinski definition) is 5. The highest BCUT2D eigenvalue weighted by molar-refractivity contribution is 5.39. The van der Waals surface area contributed by atoms with Gasteiger partial charge >= 0.3 is 0 Å². The van der Waals surface area contributed by atoms with Crippen LogP contribution in [0.5, 0.6) is 11.5 Å². The number of benzene rings is 1. The number of methoxy groups -OCH3 is 1. The van der Waals surface area contributed by atoms with E-state index in [0.29, 0.717) is 23.8 Å². The SMILES string of the molecule is COc1ccccc1OCc1cc(N)on1. The highest BCUT2D eigenvalue weighted by atomic mass is 16.5. The van der Waals surface area contributed by atoms with Gasteiger partial charge in [0.2, 0.25) is 5.88 Å². The topological polar surface area (TPSA) is 70.5 Å². The molecule has 1 aromatic carbocycles. The first-order valence-corrected chi connectivity index (χ1v) is 4.76. The second kappa shape index (κ2) is 4.57. The summed E-state index contributed by atoms with van der Waals surface area (Å²) in [5, 5.41) is 3.72. The molecule has 0 saturated heterocycles. The maximum Gasteiger partial charge on any atom is 0.222 e. The fourth-order valence-electron chi connectivity index (χ4n) is 1.29. The molecule has 0 saturated carbocycles. The maximum atomic E-state index is 5.52. The monoisotopic (exact) mass is 220 g/mol. The lowest BCUT2D eigenvalue weighted by atomic mass is 10.3. The Morgan fingerprint density at radius 3 is 2.69 bits per heavy atom. The second-order valence-corrected chi connectivity index (χ2v) is 3.16. The summed E-state index contributed by atoms with van der Waals surface area (Å²) in [5.74, 6) is 1.61. The number of rotatable bonds is 4. The summed E-state index contributed by atoms with van der Waals surface area (Å²) in [5.41, 5.74) is 6.04. The van der Waals surface area contributed by atoms with Gasteiger partial charge in [0.05, 0.1) is 7.11 Å². The van der Waals surface area contributed by atoms with Gasteiger partial charge in [0.25, 0.3) is 0 Å². The zero-order valence-electron chi connectivity index (χ0n) is 8.84. The summed E-state index contributed by atoms with van der Waals surface area (Å²) < 4.78 is 15.4. The van der Waals surface area contributed by atoms with Crippen LogP contribution in [0.3, 0.4) is 0 Å². The van der Waals surface area contributed by atoms with E-state index in [4.69, 9.17) is 19.7 Å². The van der Waals surface area contributed by atoms with Crippen molar-refractivity contribution in [2.45, 2.75) is 6.61 Å². The van der Waals surface area contributed by atoms with Crippen molar-refractivity contribution < 1.29 is 14.0 Å². The van der Waals surface area contributed by atoms with E-state index in [9.17, 15) is 0 Å². The fraction of sp³-hybridized carbons (Fsp3) is 0.182. The van der Waals surface area contributed by atoms with Gasteiger partial charge in [-0.3, -0.25) is 0 Å². The summed E-state index contributed by atoms with van der Waals surface area (Å²) in [6.07, 6.45) is 0. The molecule has 0 aliphatic rings. The van der Waals surface area contributed by atoms with Crippen LogP contribution in [0.4, 0.5) is 5.88 Å². The average Bonchev–Trinajstić information content (AvgIpc) is 2.73. The van der Waals surface area contributed by atoms with Gasteiger partial charge in [0.1, 0.15) is 12.3 Å². The Bertz CT molecular complexity index is 468. The molecule has 84 valence electrons. The van der Waals surface area contributed by atoms with Crippen LogP contribution in [0.15, 0.2) is 34.9 Å². The number of hydrogen-bond donors (Lipinski definition) is 1. The number of nitrogens with zero attached hydrogens (tertiary/aromatic N) is 1. The van der Waals surface area contributed by atoms with Crippen LogP contribution >= 0.6 is 0 Å². The molecule has 1 heterocycles. The van der Waals surface area contributed by atoms with E-state index in [1.54, 1.807) is 13.2 Å². The average molecular weight is 220 g/mol. The third-order valence-corrected chi connectivity index (χ3v) is 2.02. The van der Waals surface area contributed by atoms with E-state index in [1.165, 1.54) is 0 Å². The van der Waals surface area contributed by atoms with E-state index in [0.717, 1.165) is 0 Å². The smallest absolute Gasteiger partial charge is 0.222 e. The fourth-order valence-corrected chi connectivity index (χ4v) is 1.29. The molecule has 2 rings (SSSR count). The first kappa shape index (κ1) is 10.4. The number of nitrogen functional groups attached to an aromatic ring is 1. The molecule has 0 radical (unpaired) electrons. The molecule has 0 bridgehead atoms. The Kier molecular flexibility index (Phi) is 2.95. The van der Waals surface area contributed by atoms with Gasteiger partial charge < -0.3 is 19.7 Å². The summed E-state index contributed by atoms with van der Waals surface area (Å²) in [4.78, 5) is 0. The van der Waals surface area contributed by atoms with Gasteiger partial charge in [-0.05, 0) is 12.1 Å². The minimum atomic E-state index is 0.277. The van der Waals surface area contributed by atoms with Crippen LogP contribution in [0.2, 0.25) is 0 Å². The zero-order valence-corrected chi connectivity index (χ0v) is 8.84. The molecule has 2 N–H and O–H groups in total. The lowest BCUT2D eigenvalue weighted by Gasteiger charge is -2.08. The molecule has 1 aromatic heterocycles.